The molecule has 0 saturated carbocycles. The second-order valence-corrected chi connectivity index (χ2v) is 5.99. The van der Waals surface area contributed by atoms with E-state index in [4.69, 9.17) is 4.74 Å². The number of rotatable bonds is 9. The van der Waals surface area contributed by atoms with Crippen LogP contribution in [0.3, 0.4) is 0 Å². The van der Waals surface area contributed by atoms with Crippen molar-refractivity contribution in [3.05, 3.63) is 60.2 Å². The molecule has 138 valence electrons. The fraction of sp³-hybridized carbons (Fsp3) is 0.333. The SMILES string of the molecule is CCCN(CCC)C(=O)COc1ccccc1C(=O)Nc1ccccc1. The summed E-state index contributed by atoms with van der Waals surface area (Å²) in [6.45, 7) is 5.44. The third-order valence-corrected chi connectivity index (χ3v) is 3.85. The zero-order chi connectivity index (χ0) is 18.8. The van der Waals surface area contributed by atoms with E-state index in [2.05, 4.69) is 5.32 Å². The van der Waals surface area contributed by atoms with Crippen LogP contribution in [0.15, 0.2) is 54.6 Å². The molecule has 0 aliphatic carbocycles. The van der Waals surface area contributed by atoms with Gasteiger partial charge in [-0.15, -0.1) is 0 Å². The number of nitrogens with one attached hydrogen (secondary N) is 1. The highest BCUT2D eigenvalue weighted by Gasteiger charge is 2.16. The summed E-state index contributed by atoms with van der Waals surface area (Å²) in [7, 11) is 0. The van der Waals surface area contributed by atoms with Crippen molar-refractivity contribution >= 4 is 17.5 Å². The lowest BCUT2D eigenvalue weighted by Crippen LogP contribution is -2.36. The minimum absolute atomic E-state index is 0.0630. The molecule has 1 N–H and O–H groups in total. The van der Waals surface area contributed by atoms with Gasteiger partial charge >= 0.3 is 0 Å². The molecule has 2 aromatic carbocycles. The first-order valence-electron chi connectivity index (χ1n) is 9.01. The monoisotopic (exact) mass is 354 g/mol. The Kier molecular flexibility index (Phi) is 7.68. The maximum absolute atomic E-state index is 12.5. The van der Waals surface area contributed by atoms with Gasteiger partial charge in [-0.25, -0.2) is 0 Å². The van der Waals surface area contributed by atoms with Crippen LogP contribution in [0.4, 0.5) is 5.69 Å². The first-order chi connectivity index (χ1) is 12.7. The number of nitrogens with zero attached hydrogens (tertiary/aromatic N) is 1. The average Bonchev–Trinajstić information content (AvgIpc) is 2.67. The van der Waals surface area contributed by atoms with E-state index in [-0.39, 0.29) is 18.4 Å². The van der Waals surface area contributed by atoms with E-state index in [9.17, 15) is 9.59 Å². The summed E-state index contributed by atoms with van der Waals surface area (Å²) in [6, 6.07) is 16.2. The lowest BCUT2D eigenvalue weighted by molar-refractivity contribution is -0.133. The molecule has 0 saturated heterocycles. The fourth-order valence-corrected chi connectivity index (χ4v) is 2.63. The van der Waals surface area contributed by atoms with Crippen LogP contribution >= 0.6 is 0 Å². The molecule has 2 aromatic rings. The predicted octanol–water partition coefficient (Wildman–Crippen LogP) is 3.97. The first-order valence-corrected chi connectivity index (χ1v) is 9.01. The zero-order valence-electron chi connectivity index (χ0n) is 15.4. The van der Waals surface area contributed by atoms with Gasteiger partial charge in [0.2, 0.25) is 0 Å². The standard InChI is InChI=1S/C21H26N2O3/c1-3-14-23(15-4-2)20(24)16-26-19-13-9-8-12-18(19)21(25)22-17-10-6-5-7-11-17/h5-13H,3-4,14-16H2,1-2H3,(H,22,25). The minimum atomic E-state index is -0.266. The van der Waals surface area contributed by atoms with Gasteiger partial charge in [0.15, 0.2) is 6.61 Å². The quantitative estimate of drug-likeness (QED) is 0.741. The fourth-order valence-electron chi connectivity index (χ4n) is 2.63. The maximum atomic E-state index is 12.5. The molecule has 5 nitrogen and oxygen atoms in total. The summed E-state index contributed by atoms with van der Waals surface area (Å²) >= 11 is 0. The Morgan fingerprint density at radius 3 is 2.19 bits per heavy atom. The molecule has 0 radical (unpaired) electrons. The molecule has 0 spiro atoms. The van der Waals surface area contributed by atoms with E-state index in [1.54, 1.807) is 29.2 Å². The normalized spacial score (nSPS) is 10.2. The maximum Gasteiger partial charge on any atom is 0.260 e. The Morgan fingerprint density at radius 1 is 0.923 bits per heavy atom. The van der Waals surface area contributed by atoms with Gasteiger partial charge in [-0.1, -0.05) is 44.2 Å². The molecule has 0 aliphatic heterocycles. The van der Waals surface area contributed by atoms with Gasteiger partial charge in [0.05, 0.1) is 5.56 Å². The molecule has 26 heavy (non-hydrogen) atoms. The van der Waals surface area contributed by atoms with Crippen molar-refractivity contribution in [3.8, 4) is 5.75 Å². The lowest BCUT2D eigenvalue weighted by Gasteiger charge is -2.21. The molecule has 0 aromatic heterocycles. The van der Waals surface area contributed by atoms with Crippen LogP contribution in [0.5, 0.6) is 5.75 Å². The molecule has 5 heteroatoms. The molecule has 2 rings (SSSR count). The number of hydrogen-bond donors (Lipinski definition) is 1. The number of benzene rings is 2. The smallest absolute Gasteiger partial charge is 0.260 e. The number of para-hydroxylation sites is 2. The van der Waals surface area contributed by atoms with Crippen molar-refractivity contribution in [2.45, 2.75) is 26.7 Å². The van der Waals surface area contributed by atoms with Crippen molar-refractivity contribution in [2.75, 3.05) is 25.0 Å². The summed E-state index contributed by atoms with van der Waals surface area (Å²) < 4.78 is 5.68. The van der Waals surface area contributed by atoms with Crippen LogP contribution in [0.25, 0.3) is 0 Å². The predicted molar refractivity (Wildman–Crippen MR) is 103 cm³/mol. The van der Waals surface area contributed by atoms with E-state index in [0.717, 1.165) is 12.8 Å². The van der Waals surface area contributed by atoms with Crippen LogP contribution in [0.1, 0.15) is 37.0 Å². The molecule has 0 fully saturated rings. The van der Waals surface area contributed by atoms with Crippen LogP contribution in [0.2, 0.25) is 0 Å². The van der Waals surface area contributed by atoms with Gasteiger partial charge in [0.25, 0.3) is 11.8 Å². The molecular formula is C21H26N2O3. The lowest BCUT2D eigenvalue weighted by atomic mass is 10.2. The van der Waals surface area contributed by atoms with Crippen molar-refractivity contribution < 1.29 is 14.3 Å². The van der Waals surface area contributed by atoms with E-state index in [1.165, 1.54) is 0 Å². The van der Waals surface area contributed by atoms with Crippen LogP contribution in [-0.4, -0.2) is 36.4 Å². The van der Waals surface area contributed by atoms with Crippen LogP contribution in [0, 0.1) is 0 Å². The van der Waals surface area contributed by atoms with E-state index < -0.39 is 0 Å². The molecule has 0 unspecified atom stereocenters. The Hall–Kier alpha value is -2.82. The van der Waals surface area contributed by atoms with Gasteiger partial charge in [0, 0.05) is 18.8 Å². The highest BCUT2D eigenvalue weighted by molar-refractivity contribution is 6.06. The third kappa shape index (κ3) is 5.62. The number of hydrogen-bond acceptors (Lipinski definition) is 3. The number of ether oxygens (including phenoxy) is 1. The van der Waals surface area contributed by atoms with Crippen LogP contribution < -0.4 is 10.1 Å². The Bertz CT molecular complexity index is 710. The number of amides is 2. The van der Waals surface area contributed by atoms with Crippen molar-refractivity contribution in [1.29, 1.82) is 0 Å². The number of carbonyl (C=O) groups excluding carboxylic acids is 2. The topological polar surface area (TPSA) is 58.6 Å². The highest BCUT2D eigenvalue weighted by atomic mass is 16.5. The van der Waals surface area contributed by atoms with Gasteiger partial charge in [-0.05, 0) is 37.1 Å². The highest BCUT2D eigenvalue weighted by Crippen LogP contribution is 2.20. The largest absolute Gasteiger partial charge is 0.483 e. The summed E-state index contributed by atoms with van der Waals surface area (Å²) in [6.07, 6.45) is 1.81. The molecular weight excluding hydrogens is 328 g/mol. The summed E-state index contributed by atoms with van der Waals surface area (Å²) in [5.41, 5.74) is 1.11. The molecule has 0 aliphatic rings. The molecule has 0 bridgehead atoms. The van der Waals surface area contributed by atoms with E-state index in [1.807, 2.05) is 44.2 Å². The Labute approximate surface area is 155 Å². The van der Waals surface area contributed by atoms with Crippen molar-refractivity contribution in [3.63, 3.8) is 0 Å². The first kappa shape index (κ1) is 19.5. The van der Waals surface area contributed by atoms with Gasteiger partial charge < -0.3 is 15.0 Å². The Morgan fingerprint density at radius 2 is 1.54 bits per heavy atom. The second kappa shape index (κ2) is 10.2. The molecule has 0 atom stereocenters. The minimum Gasteiger partial charge on any atom is -0.483 e. The van der Waals surface area contributed by atoms with Gasteiger partial charge in [-0.3, -0.25) is 9.59 Å². The van der Waals surface area contributed by atoms with Crippen molar-refractivity contribution in [1.82, 2.24) is 4.90 Å². The van der Waals surface area contributed by atoms with Crippen molar-refractivity contribution in [2.24, 2.45) is 0 Å². The molecule has 2 amide bonds. The van der Waals surface area contributed by atoms with E-state index >= 15 is 0 Å². The number of carbonyl (C=O) groups is 2. The second-order valence-electron chi connectivity index (χ2n) is 5.99. The average molecular weight is 354 g/mol. The zero-order valence-corrected chi connectivity index (χ0v) is 15.4. The summed E-state index contributed by atoms with van der Waals surface area (Å²) in [4.78, 5) is 26.7. The van der Waals surface area contributed by atoms with Gasteiger partial charge in [-0.2, -0.15) is 0 Å². The Balaban J connectivity index is 2.04. The summed E-state index contributed by atoms with van der Waals surface area (Å²) in [5, 5.41) is 2.84. The van der Waals surface area contributed by atoms with Crippen LogP contribution in [-0.2, 0) is 4.79 Å². The summed E-state index contributed by atoms with van der Waals surface area (Å²) in [5.74, 6) is 0.0763. The third-order valence-electron chi connectivity index (χ3n) is 3.85. The van der Waals surface area contributed by atoms with E-state index in [0.29, 0.717) is 30.1 Å². The molecule has 0 heterocycles. The van der Waals surface area contributed by atoms with Gasteiger partial charge in [0.1, 0.15) is 5.75 Å². The number of anilines is 1.